The van der Waals surface area contributed by atoms with Crippen molar-refractivity contribution in [3.63, 3.8) is 0 Å². The van der Waals surface area contributed by atoms with Crippen LogP contribution in [0, 0.1) is 0 Å². The van der Waals surface area contributed by atoms with Gasteiger partial charge >= 0.3 is 0 Å². The number of rotatable bonds is 5. The van der Waals surface area contributed by atoms with Gasteiger partial charge in [0.2, 0.25) is 15.9 Å². The molecule has 1 aromatic carbocycles. The quantitative estimate of drug-likeness (QED) is 0.758. The number of hydrogen-bond acceptors (Lipinski definition) is 6. The van der Waals surface area contributed by atoms with Gasteiger partial charge in [-0.1, -0.05) is 13.8 Å². The lowest BCUT2D eigenvalue weighted by Gasteiger charge is -2.18. The van der Waals surface area contributed by atoms with Crippen LogP contribution in [0.2, 0.25) is 0 Å². The molecule has 2 aromatic rings. The summed E-state index contributed by atoms with van der Waals surface area (Å²) < 4.78 is 25.4. The highest BCUT2D eigenvalue weighted by atomic mass is 32.2. The predicted octanol–water partition coefficient (Wildman–Crippen LogP) is 2.69. The molecule has 1 fully saturated rings. The number of hydrogen-bond donors (Lipinski definition) is 2. The third-order valence-electron chi connectivity index (χ3n) is 4.05. The van der Waals surface area contributed by atoms with Crippen molar-refractivity contribution in [2.75, 3.05) is 21.9 Å². The van der Waals surface area contributed by atoms with Crippen molar-refractivity contribution in [1.82, 2.24) is 4.98 Å². The van der Waals surface area contributed by atoms with Crippen LogP contribution >= 0.6 is 11.3 Å². The largest absolute Gasteiger partial charge is 0.506 e. The zero-order valence-electron chi connectivity index (χ0n) is 14.6. The van der Waals surface area contributed by atoms with Gasteiger partial charge in [0.05, 0.1) is 34.2 Å². The average Bonchev–Trinajstić information content (AvgIpc) is 3.15. The van der Waals surface area contributed by atoms with Crippen LogP contribution in [0.25, 0.3) is 0 Å². The van der Waals surface area contributed by atoms with Crippen LogP contribution in [0.5, 0.6) is 5.75 Å². The summed E-state index contributed by atoms with van der Waals surface area (Å²) in [7, 11) is -3.32. The highest BCUT2D eigenvalue weighted by Gasteiger charge is 2.29. The fourth-order valence-corrected chi connectivity index (χ4v) is 5.13. The molecular formula is C17H21N3O4S2. The summed E-state index contributed by atoms with van der Waals surface area (Å²) in [6, 6.07) is 4.40. The van der Waals surface area contributed by atoms with E-state index in [1.807, 2.05) is 19.2 Å². The zero-order valence-corrected chi connectivity index (χ0v) is 16.2. The number of nitrogens with one attached hydrogen (secondary N) is 1. The minimum Gasteiger partial charge on any atom is -0.506 e. The Morgan fingerprint density at radius 2 is 2.19 bits per heavy atom. The normalized spacial score (nSPS) is 16.2. The summed E-state index contributed by atoms with van der Waals surface area (Å²) in [6.45, 7) is 4.48. The van der Waals surface area contributed by atoms with E-state index >= 15 is 0 Å². The van der Waals surface area contributed by atoms with Gasteiger partial charge in [0.15, 0.2) is 0 Å². The SMILES string of the molecule is CC(C)c1nc(CC(=O)Nc2cc(N3CCCS3(=O)=O)ccc2O)cs1. The van der Waals surface area contributed by atoms with Crippen molar-refractivity contribution in [2.45, 2.75) is 32.6 Å². The molecule has 0 saturated carbocycles. The van der Waals surface area contributed by atoms with Crippen molar-refractivity contribution in [1.29, 1.82) is 0 Å². The number of nitrogens with zero attached hydrogens (tertiary/aromatic N) is 2. The Balaban J connectivity index is 1.74. The van der Waals surface area contributed by atoms with Gasteiger partial charge in [0.1, 0.15) is 5.75 Å². The number of carbonyl (C=O) groups is 1. The number of anilines is 2. The Morgan fingerprint density at radius 1 is 1.42 bits per heavy atom. The summed E-state index contributed by atoms with van der Waals surface area (Å²) in [5.74, 6) is -0.0143. The second-order valence-corrected chi connectivity index (χ2v) is 9.40. The van der Waals surface area contributed by atoms with Gasteiger partial charge in [0.25, 0.3) is 0 Å². The van der Waals surface area contributed by atoms with Crippen LogP contribution in [0.3, 0.4) is 0 Å². The molecule has 0 atom stereocenters. The Labute approximate surface area is 156 Å². The van der Waals surface area contributed by atoms with E-state index in [4.69, 9.17) is 0 Å². The topological polar surface area (TPSA) is 99.6 Å². The molecule has 26 heavy (non-hydrogen) atoms. The molecule has 1 aliphatic heterocycles. The summed E-state index contributed by atoms with van der Waals surface area (Å²) in [5, 5.41) is 15.5. The molecule has 1 amide bonds. The molecule has 0 spiro atoms. The molecular weight excluding hydrogens is 374 g/mol. The fraction of sp³-hybridized carbons (Fsp3) is 0.412. The second kappa shape index (κ2) is 7.24. The molecule has 1 saturated heterocycles. The van der Waals surface area contributed by atoms with E-state index in [9.17, 15) is 18.3 Å². The minimum absolute atomic E-state index is 0.0922. The molecule has 3 rings (SSSR count). The summed E-state index contributed by atoms with van der Waals surface area (Å²) in [6.07, 6.45) is 0.655. The Kier molecular flexibility index (Phi) is 5.19. The summed E-state index contributed by atoms with van der Waals surface area (Å²) in [4.78, 5) is 16.7. The van der Waals surface area contributed by atoms with Crippen LogP contribution in [0.1, 0.15) is 36.9 Å². The number of sulfonamides is 1. The number of thiazole rings is 1. The number of aromatic hydroxyl groups is 1. The number of aromatic nitrogens is 1. The maximum atomic E-state index is 12.3. The van der Waals surface area contributed by atoms with Crippen molar-refractivity contribution in [2.24, 2.45) is 0 Å². The molecule has 7 nitrogen and oxygen atoms in total. The molecule has 1 aromatic heterocycles. The Morgan fingerprint density at radius 3 is 2.81 bits per heavy atom. The highest BCUT2D eigenvalue weighted by molar-refractivity contribution is 7.93. The lowest BCUT2D eigenvalue weighted by Crippen LogP contribution is -2.25. The van der Waals surface area contributed by atoms with E-state index in [1.54, 1.807) is 0 Å². The first kappa shape index (κ1) is 18.7. The van der Waals surface area contributed by atoms with Crippen LogP contribution in [-0.4, -0.2) is 36.7 Å². The van der Waals surface area contributed by atoms with E-state index in [0.717, 1.165) is 5.01 Å². The third kappa shape index (κ3) is 3.99. The van der Waals surface area contributed by atoms with Gasteiger partial charge in [-0.3, -0.25) is 9.10 Å². The number of phenols is 1. The van der Waals surface area contributed by atoms with Crippen molar-refractivity contribution in [3.8, 4) is 5.75 Å². The monoisotopic (exact) mass is 395 g/mol. The van der Waals surface area contributed by atoms with E-state index in [0.29, 0.717) is 30.3 Å². The molecule has 2 N–H and O–H groups in total. The molecule has 0 radical (unpaired) electrons. The van der Waals surface area contributed by atoms with Gasteiger partial charge in [-0.15, -0.1) is 11.3 Å². The molecule has 9 heteroatoms. The van der Waals surface area contributed by atoms with Gasteiger partial charge in [-0.2, -0.15) is 0 Å². The lowest BCUT2D eigenvalue weighted by atomic mass is 10.2. The van der Waals surface area contributed by atoms with Gasteiger partial charge in [-0.25, -0.2) is 13.4 Å². The maximum absolute atomic E-state index is 12.3. The van der Waals surface area contributed by atoms with Crippen molar-refractivity contribution in [3.05, 3.63) is 34.3 Å². The van der Waals surface area contributed by atoms with Gasteiger partial charge < -0.3 is 10.4 Å². The van der Waals surface area contributed by atoms with Crippen LogP contribution in [0.4, 0.5) is 11.4 Å². The molecule has 0 aliphatic carbocycles. The fourth-order valence-electron chi connectivity index (χ4n) is 2.74. The first-order chi connectivity index (χ1) is 12.3. The van der Waals surface area contributed by atoms with E-state index in [2.05, 4.69) is 10.3 Å². The molecule has 2 heterocycles. The summed E-state index contributed by atoms with van der Waals surface area (Å²) >= 11 is 1.51. The Hall–Kier alpha value is -2.13. The van der Waals surface area contributed by atoms with Crippen LogP contribution in [0.15, 0.2) is 23.6 Å². The smallest absolute Gasteiger partial charge is 0.235 e. The standard InChI is InChI=1S/C17H21N3O4S2/c1-11(2)17-18-12(10-25-17)8-16(22)19-14-9-13(4-5-15(14)21)20-6-3-7-26(20,23)24/h4-5,9-11,21H,3,6-8H2,1-2H3,(H,19,22). The minimum atomic E-state index is -3.32. The maximum Gasteiger partial charge on any atom is 0.235 e. The molecule has 0 bridgehead atoms. The predicted molar refractivity (Wildman–Crippen MR) is 102 cm³/mol. The Bertz CT molecular complexity index is 922. The molecule has 1 aliphatic rings. The third-order valence-corrected chi connectivity index (χ3v) is 7.11. The van der Waals surface area contributed by atoms with Crippen LogP contribution in [-0.2, 0) is 21.2 Å². The van der Waals surface area contributed by atoms with Gasteiger partial charge in [-0.05, 0) is 24.6 Å². The highest BCUT2D eigenvalue weighted by Crippen LogP contribution is 2.32. The number of amides is 1. The number of phenolic OH excluding ortho intramolecular Hbond substituents is 1. The molecule has 140 valence electrons. The molecule has 0 unspecified atom stereocenters. The van der Waals surface area contributed by atoms with Crippen LogP contribution < -0.4 is 9.62 Å². The van der Waals surface area contributed by atoms with Crippen molar-refractivity contribution >= 4 is 38.6 Å². The average molecular weight is 396 g/mol. The number of carbonyl (C=O) groups excluding carboxylic acids is 1. The van der Waals surface area contributed by atoms with E-state index < -0.39 is 10.0 Å². The first-order valence-corrected chi connectivity index (χ1v) is 10.8. The van der Waals surface area contributed by atoms with Crippen molar-refractivity contribution < 1.29 is 18.3 Å². The second-order valence-electron chi connectivity index (χ2n) is 6.50. The lowest BCUT2D eigenvalue weighted by molar-refractivity contribution is -0.115. The number of benzene rings is 1. The van der Waals surface area contributed by atoms with E-state index in [1.165, 1.54) is 33.8 Å². The van der Waals surface area contributed by atoms with E-state index in [-0.39, 0.29) is 29.5 Å². The van der Waals surface area contributed by atoms with Gasteiger partial charge in [0, 0.05) is 17.8 Å². The first-order valence-electron chi connectivity index (χ1n) is 8.34. The summed E-state index contributed by atoms with van der Waals surface area (Å²) in [5.41, 5.74) is 1.30. The zero-order chi connectivity index (χ0) is 18.9.